The van der Waals surface area contributed by atoms with Crippen LogP contribution < -0.4 is 4.90 Å². The van der Waals surface area contributed by atoms with Gasteiger partial charge in [0.1, 0.15) is 5.76 Å². The van der Waals surface area contributed by atoms with Crippen molar-refractivity contribution in [3.8, 4) is 12.8 Å². The lowest BCUT2D eigenvalue weighted by Crippen LogP contribution is -2.45. The Hall–Kier alpha value is -2.58. The molecule has 1 aliphatic heterocycles. The van der Waals surface area contributed by atoms with Crippen molar-refractivity contribution in [2.75, 3.05) is 31.1 Å². The molecule has 1 amide bonds. The molecule has 1 aromatic heterocycles. The Morgan fingerprint density at radius 1 is 1.05 bits per heavy atom. The van der Waals surface area contributed by atoms with E-state index in [-0.39, 0.29) is 5.91 Å². The van der Waals surface area contributed by atoms with Gasteiger partial charge in [-0.1, -0.05) is 87.1 Å². The second-order valence-electron chi connectivity index (χ2n) is 10.9. The van der Waals surface area contributed by atoms with Gasteiger partial charge in [0.25, 0.3) is 0 Å². The van der Waals surface area contributed by atoms with Gasteiger partial charge in [-0.05, 0) is 69.7 Å². The smallest absolute Gasteiger partial charge is 0.241 e. The normalized spacial score (nSPS) is 14.4. The Labute approximate surface area is 262 Å². The van der Waals surface area contributed by atoms with Gasteiger partial charge in [0.2, 0.25) is 5.91 Å². The maximum Gasteiger partial charge on any atom is 0.241 e. The first kappa shape index (κ1) is 43.9. The Balaban J connectivity index is -0.000000652. The van der Waals surface area contributed by atoms with Crippen LogP contribution in [0.1, 0.15) is 122 Å². The van der Waals surface area contributed by atoms with E-state index in [0.717, 1.165) is 62.7 Å². The fourth-order valence-corrected chi connectivity index (χ4v) is 4.09. The summed E-state index contributed by atoms with van der Waals surface area (Å²) >= 11 is 0. The van der Waals surface area contributed by atoms with Crippen LogP contribution in [0.25, 0.3) is 0 Å². The van der Waals surface area contributed by atoms with Crippen LogP contribution in [0, 0.1) is 24.7 Å². The van der Waals surface area contributed by atoms with Crippen molar-refractivity contribution >= 4 is 11.6 Å². The van der Waals surface area contributed by atoms with Gasteiger partial charge in [0.15, 0.2) is 0 Å². The van der Waals surface area contributed by atoms with Crippen molar-refractivity contribution in [1.29, 1.82) is 0 Å². The van der Waals surface area contributed by atoms with Gasteiger partial charge in [0, 0.05) is 31.7 Å². The van der Waals surface area contributed by atoms with E-state index >= 15 is 0 Å². The van der Waals surface area contributed by atoms with Gasteiger partial charge in [-0.3, -0.25) is 14.7 Å². The summed E-state index contributed by atoms with van der Waals surface area (Å²) in [5.74, 6) is 2.74. The van der Waals surface area contributed by atoms with Crippen molar-refractivity contribution in [2.45, 2.75) is 128 Å². The molecule has 0 radical (unpaired) electrons. The molecule has 0 unspecified atom stereocenters. The number of pyridine rings is 1. The van der Waals surface area contributed by atoms with Crippen molar-refractivity contribution in [3.63, 3.8) is 0 Å². The van der Waals surface area contributed by atoms with Gasteiger partial charge < -0.3 is 9.64 Å². The van der Waals surface area contributed by atoms with Gasteiger partial charge in [-0.15, -0.1) is 12.8 Å². The van der Waals surface area contributed by atoms with Gasteiger partial charge >= 0.3 is 0 Å². The largest absolute Gasteiger partial charge is 0.493 e. The maximum atomic E-state index is 12.9. The Morgan fingerprint density at radius 2 is 1.69 bits per heavy atom. The second-order valence-corrected chi connectivity index (χ2v) is 10.9. The minimum atomic E-state index is 0.170. The zero-order chi connectivity index (χ0) is 32.9. The Kier molecular flexibility index (Phi) is 31.2. The van der Waals surface area contributed by atoms with Crippen molar-refractivity contribution < 1.29 is 9.53 Å². The number of allylic oxidation sites excluding steroid dienone is 3. The number of terminal acetylenes is 1. The summed E-state index contributed by atoms with van der Waals surface area (Å²) in [4.78, 5) is 21.2. The van der Waals surface area contributed by atoms with Crippen LogP contribution >= 0.6 is 0 Å². The molecule has 1 atom stereocenters. The van der Waals surface area contributed by atoms with Crippen LogP contribution in [0.4, 0.5) is 5.69 Å². The fraction of sp³-hybridized carbons (Fsp3) is 0.676. The van der Waals surface area contributed by atoms with Crippen LogP contribution in [0.5, 0.6) is 0 Å². The molecule has 2 rings (SSSR count). The fourth-order valence-electron chi connectivity index (χ4n) is 4.09. The highest BCUT2D eigenvalue weighted by Gasteiger charge is 2.21. The number of anilines is 1. The predicted octanol–water partition coefficient (Wildman–Crippen LogP) is 9.95. The summed E-state index contributed by atoms with van der Waals surface area (Å²) in [6, 6.07) is 4.23. The summed E-state index contributed by atoms with van der Waals surface area (Å²) in [5.41, 5.74) is 2.25. The maximum absolute atomic E-state index is 12.9. The molecule has 0 saturated carbocycles. The lowest BCUT2D eigenvalue weighted by Gasteiger charge is -2.31. The molecule has 242 valence electrons. The van der Waals surface area contributed by atoms with E-state index in [0.29, 0.717) is 18.5 Å². The third-order valence-electron chi connectivity index (χ3n) is 6.73. The molecule has 5 heteroatoms. The summed E-state index contributed by atoms with van der Waals surface area (Å²) in [6.07, 6.45) is 22.7. The third-order valence-corrected chi connectivity index (χ3v) is 6.73. The van der Waals surface area contributed by atoms with E-state index in [4.69, 9.17) is 4.74 Å². The highest BCUT2D eigenvalue weighted by Crippen LogP contribution is 2.22. The molecule has 42 heavy (non-hydrogen) atoms. The number of hydrogen-bond donors (Lipinski definition) is 0. The summed E-state index contributed by atoms with van der Waals surface area (Å²) in [6.45, 7) is 28.8. The minimum Gasteiger partial charge on any atom is -0.493 e. The zero-order valence-corrected chi connectivity index (χ0v) is 29.6. The average Bonchev–Trinajstić information content (AvgIpc) is 3.48. The minimum absolute atomic E-state index is 0.170. The van der Waals surface area contributed by atoms with E-state index in [1.165, 1.54) is 18.4 Å². The molecule has 2 heterocycles. The molecule has 1 aromatic rings. The number of carbonyl (C=O) groups is 1. The van der Waals surface area contributed by atoms with Crippen LogP contribution in [-0.4, -0.2) is 48.1 Å². The molecule has 1 fully saturated rings. The number of amides is 1. The van der Waals surface area contributed by atoms with Crippen LogP contribution in [0.15, 0.2) is 48.0 Å². The third kappa shape index (κ3) is 21.2. The average molecular weight is 586 g/mol. The number of aromatic nitrogens is 1. The van der Waals surface area contributed by atoms with Crippen LogP contribution in [-0.2, 0) is 9.53 Å². The first-order valence-corrected chi connectivity index (χ1v) is 16.4. The molecule has 0 spiro atoms. The van der Waals surface area contributed by atoms with Gasteiger partial charge in [-0.25, -0.2) is 0 Å². The molecule has 5 nitrogen and oxygen atoms in total. The van der Waals surface area contributed by atoms with E-state index in [1.54, 1.807) is 12.4 Å². The van der Waals surface area contributed by atoms with Crippen molar-refractivity contribution in [2.24, 2.45) is 11.8 Å². The number of ether oxygens (including phenoxy) is 1. The standard InChI is InChI=1S/C19H33N3O.C8H12O.C6H14.C2H6.C2H2/c1-6-8-12-22(18-10-9-11-20-13-18)19(23)15-21(16(3)4)14-17(5)7-2;1-3-7-5-6-9-8(7)4-2;1-4-5-6(2)3;2*1-2/h9-11,13,16-17H,6-8,12,14-15H2,1-5H3;3-4H,5-6H2,1-2H3;6H,4-5H2,1-3H3;1-2H3;1-2H/b;7-3-,8-4+;;;/t17-;;;;/m0..../s1. The molecular formula is C37H67N3O2. The highest BCUT2D eigenvalue weighted by molar-refractivity contribution is 5.94. The summed E-state index contributed by atoms with van der Waals surface area (Å²) < 4.78 is 5.30. The second kappa shape index (κ2) is 29.9. The number of nitrogens with zero attached hydrogens (tertiary/aromatic N) is 3. The summed E-state index contributed by atoms with van der Waals surface area (Å²) in [7, 11) is 0. The first-order chi connectivity index (χ1) is 20.1. The molecular weight excluding hydrogens is 518 g/mol. The predicted molar refractivity (Wildman–Crippen MR) is 187 cm³/mol. The zero-order valence-electron chi connectivity index (χ0n) is 29.6. The Bertz CT molecular complexity index is 810. The van der Waals surface area contributed by atoms with Gasteiger partial charge in [-0.2, -0.15) is 0 Å². The van der Waals surface area contributed by atoms with Crippen molar-refractivity contribution in [3.05, 3.63) is 48.0 Å². The molecule has 0 N–H and O–H groups in total. The molecule has 0 aliphatic carbocycles. The van der Waals surface area contributed by atoms with Crippen molar-refractivity contribution in [1.82, 2.24) is 9.88 Å². The number of rotatable bonds is 12. The number of carbonyl (C=O) groups excluding carboxylic acids is 1. The number of hydrogen-bond acceptors (Lipinski definition) is 4. The van der Waals surface area contributed by atoms with Crippen LogP contribution in [0.3, 0.4) is 0 Å². The lowest BCUT2D eigenvalue weighted by molar-refractivity contribution is -0.120. The molecule has 1 saturated heterocycles. The molecule has 0 bridgehead atoms. The first-order valence-electron chi connectivity index (χ1n) is 16.4. The highest BCUT2D eigenvalue weighted by atomic mass is 16.5. The monoisotopic (exact) mass is 586 g/mol. The molecule has 1 aliphatic rings. The van der Waals surface area contributed by atoms with E-state index < -0.39 is 0 Å². The quantitative estimate of drug-likeness (QED) is 0.229. The van der Waals surface area contributed by atoms with E-state index in [9.17, 15) is 4.79 Å². The van der Waals surface area contributed by atoms with E-state index in [1.807, 2.05) is 50.8 Å². The topological polar surface area (TPSA) is 45.7 Å². The lowest BCUT2D eigenvalue weighted by atomic mass is 10.1. The van der Waals surface area contributed by atoms with Crippen LogP contribution in [0.2, 0.25) is 0 Å². The molecule has 0 aromatic carbocycles. The number of unbranched alkanes of at least 4 members (excludes halogenated alkanes) is 1. The SMILES string of the molecule is C#C.C/C=C1/CCO/C1=C/C.CC.CCCC(C)C.CCCCN(C(=O)CN(C[C@@H](C)CC)C(C)C)c1cccnc1. The Morgan fingerprint density at radius 3 is 2.07 bits per heavy atom. The summed E-state index contributed by atoms with van der Waals surface area (Å²) in [5, 5.41) is 0. The van der Waals surface area contributed by atoms with Gasteiger partial charge in [0.05, 0.1) is 25.0 Å². The van der Waals surface area contributed by atoms with E-state index in [2.05, 4.69) is 84.2 Å².